The number of hydrogen-bond donors (Lipinski definition) is 1. The maximum absolute atomic E-state index is 6.56. The second-order valence-electron chi connectivity index (χ2n) is 6.12. The monoisotopic (exact) mass is 355 g/mol. The summed E-state index contributed by atoms with van der Waals surface area (Å²) < 4.78 is 7.26. The van der Waals surface area contributed by atoms with E-state index in [1.54, 1.807) is 0 Å². The van der Waals surface area contributed by atoms with Gasteiger partial charge in [-0.1, -0.05) is 28.1 Å². The lowest BCUT2D eigenvalue weighted by Crippen LogP contribution is -2.42. The summed E-state index contributed by atoms with van der Waals surface area (Å²) in [4.78, 5) is 0. The van der Waals surface area contributed by atoms with Gasteiger partial charge in [0.2, 0.25) is 0 Å². The molecule has 2 nitrogen and oxygen atoms in total. The molecule has 3 rings (SSSR count). The summed E-state index contributed by atoms with van der Waals surface area (Å²) in [5.74, 6) is 2.92. The molecule has 2 N–H and O–H groups in total. The molecule has 110 valence electrons. The quantitative estimate of drug-likeness (QED) is 0.868. The van der Waals surface area contributed by atoms with Gasteiger partial charge in [-0.25, -0.2) is 0 Å². The van der Waals surface area contributed by atoms with E-state index in [0.29, 0.717) is 5.92 Å². The second kappa shape index (κ2) is 5.99. The molecule has 4 heteroatoms. The maximum atomic E-state index is 6.56. The highest BCUT2D eigenvalue weighted by Crippen LogP contribution is 2.43. The Kier molecular flexibility index (Phi) is 4.46. The van der Waals surface area contributed by atoms with Gasteiger partial charge in [0.25, 0.3) is 0 Å². The van der Waals surface area contributed by atoms with Crippen LogP contribution in [-0.2, 0) is 4.74 Å². The molecule has 2 fully saturated rings. The average Bonchev–Trinajstić information content (AvgIpc) is 2.89. The molecular formula is C16H22BrNOS. The van der Waals surface area contributed by atoms with Crippen molar-refractivity contribution in [2.75, 3.05) is 18.1 Å². The van der Waals surface area contributed by atoms with Gasteiger partial charge in [-0.05, 0) is 55.1 Å². The molecule has 0 aliphatic carbocycles. The van der Waals surface area contributed by atoms with E-state index in [1.807, 2.05) is 11.8 Å². The third-order valence-corrected chi connectivity index (χ3v) is 6.76. The van der Waals surface area contributed by atoms with Gasteiger partial charge >= 0.3 is 0 Å². The molecule has 1 aromatic rings. The second-order valence-corrected chi connectivity index (χ2v) is 8.08. The Balaban J connectivity index is 1.75. The van der Waals surface area contributed by atoms with Crippen LogP contribution in [-0.4, -0.2) is 23.7 Å². The summed E-state index contributed by atoms with van der Waals surface area (Å²) >= 11 is 5.63. The van der Waals surface area contributed by atoms with Crippen LogP contribution < -0.4 is 5.73 Å². The number of halogens is 1. The van der Waals surface area contributed by atoms with Gasteiger partial charge in [0.05, 0.1) is 5.60 Å². The normalized spacial score (nSPS) is 31.6. The van der Waals surface area contributed by atoms with E-state index in [9.17, 15) is 0 Å². The van der Waals surface area contributed by atoms with Gasteiger partial charge in [-0.2, -0.15) is 11.8 Å². The minimum Gasteiger partial charge on any atom is -0.374 e. The molecule has 2 heterocycles. The zero-order chi connectivity index (χ0) is 14.2. The van der Waals surface area contributed by atoms with E-state index in [0.717, 1.165) is 29.7 Å². The summed E-state index contributed by atoms with van der Waals surface area (Å²) in [6.45, 7) is 2.98. The summed E-state index contributed by atoms with van der Waals surface area (Å²) in [5, 5.41) is 0. The largest absolute Gasteiger partial charge is 0.374 e. The number of benzene rings is 1. The number of aryl methyl sites for hydroxylation is 1. The van der Waals surface area contributed by atoms with Crippen molar-refractivity contribution in [2.24, 2.45) is 11.7 Å². The molecule has 20 heavy (non-hydrogen) atoms. The van der Waals surface area contributed by atoms with Crippen molar-refractivity contribution < 1.29 is 4.74 Å². The lowest BCUT2D eigenvalue weighted by Gasteiger charge is -2.40. The predicted octanol–water partition coefficient (Wildman–Crippen LogP) is 4.06. The summed E-state index contributed by atoms with van der Waals surface area (Å²) in [6.07, 6.45) is 3.39. The van der Waals surface area contributed by atoms with Crippen molar-refractivity contribution in [2.45, 2.75) is 37.8 Å². The van der Waals surface area contributed by atoms with E-state index in [2.05, 4.69) is 41.1 Å². The van der Waals surface area contributed by atoms with Gasteiger partial charge in [0.1, 0.15) is 0 Å². The van der Waals surface area contributed by atoms with Crippen molar-refractivity contribution in [1.82, 2.24) is 0 Å². The standard InChI is InChI=1S/C16H22BrNOS/c1-11-2-3-12(8-14(11)17)15(18)13-4-6-19-16(9-13)5-7-20-10-16/h2-3,8,13,15H,4-7,9-10,18H2,1H3. The first-order valence-electron chi connectivity index (χ1n) is 7.33. The molecule has 1 aromatic carbocycles. The SMILES string of the molecule is Cc1ccc(C(N)C2CCOC3(CCSC3)C2)cc1Br. The zero-order valence-corrected chi connectivity index (χ0v) is 14.3. The summed E-state index contributed by atoms with van der Waals surface area (Å²) in [6, 6.07) is 6.64. The minimum atomic E-state index is 0.118. The van der Waals surface area contributed by atoms with Crippen LogP contribution in [0, 0.1) is 12.8 Å². The number of hydrogen-bond acceptors (Lipinski definition) is 3. The van der Waals surface area contributed by atoms with E-state index in [1.165, 1.54) is 23.3 Å². The van der Waals surface area contributed by atoms with Crippen LogP contribution in [0.3, 0.4) is 0 Å². The van der Waals surface area contributed by atoms with E-state index in [4.69, 9.17) is 10.5 Å². The topological polar surface area (TPSA) is 35.2 Å². The summed E-state index contributed by atoms with van der Waals surface area (Å²) in [5.41, 5.74) is 9.18. The van der Waals surface area contributed by atoms with Crippen molar-refractivity contribution >= 4 is 27.7 Å². The first kappa shape index (κ1) is 14.9. The fraction of sp³-hybridized carbons (Fsp3) is 0.625. The van der Waals surface area contributed by atoms with Gasteiger partial charge in [-0.3, -0.25) is 0 Å². The third kappa shape index (κ3) is 2.94. The molecule has 0 radical (unpaired) electrons. The average molecular weight is 356 g/mol. The van der Waals surface area contributed by atoms with Crippen LogP contribution in [0.2, 0.25) is 0 Å². The fourth-order valence-electron chi connectivity index (χ4n) is 3.32. The molecule has 2 saturated heterocycles. The minimum absolute atomic E-state index is 0.118. The number of rotatable bonds is 2. The Bertz CT molecular complexity index is 487. The van der Waals surface area contributed by atoms with Crippen molar-refractivity contribution in [3.8, 4) is 0 Å². The fourth-order valence-corrected chi connectivity index (χ4v) is 5.10. The molecule has 3 atom stereocenters. The lowest BCUT2D eigenvalue weighted by molar-refractivity contribution is -0.0834. The molecule has 0 saturated carbocycles. The molecule has 2 aliphatic rings. The zero-order valence-electron chi connectivity index (χ0n) is 11.9. The molecule has 2 aliphatic heterocycles. The van der Waals surface area contributed by atoms with Crippen LogP contribution >= 0.6 is 27.7 Å². The molecule has 3 unspecified atom stereocenters. The predicted molar refractivity (Wildman–Crippen MR) is 89.2 cm³/mol. The van der Waals surface area contributed by atoms with E-state index in [-0.39, 0.29) is 11.6 Å². The number of thioether (sulfide) groups is 1. The molecule has 0 amide bonds. The van der Waals surface area contributed by atoms with E-state index >= 15 is 0 Å². The first-order chi connectivity index (χ1) is 9.60. The van der Waals surface area contributed by atoms with Crippen LogP contribution in [0.15, 0.2) is 22.7 Å². The van der Waals surface area contributed by atoms with Gasteiger partial charge in [-0.15, -0.1) is 0 Å². The molecular weight excluding hydrogens is 334 g/mol. The van der Waals surface area contributed by atoms with Crippen molar-refractivity contribution in [3.05, 3.63) is 33.8 Å². The van der Waals surface area contributed by atoms with Crippen molar-refractivity contribution in [1.29, 1.82) is 0 Å². The van der Waals surface area contributed by atoms with Crippen LogP contribution in [0.25, 0.3) is 0 Å². The van der Waals surface area contributed by atoms with Gasteiger partial charge in [0, 0.05) is 22.9 Å². The van der Waals surface area contributed by atoms with Crippen LogP contribution in [0.4, 0.5) is 0 Å². The van der Waals surface area contributed by atoms with Gasteiger partial charge in [0.15, 0.2) is 0 Å². The Labute approximate surface area is 134 Å². The third-order valence-electron chi connectivity index (χ3n) is 4.69. The molecule has 1 spiro atoms. The summed E-state index contributed by atoms with van der Waals surface area (Å²) in [7, 11) is 0. The molecule has 0 aromatic heterocycles. The van der Waals surface area contributed by atoms with Gasteiger partial charge < -0.3 is 10.5 Å². The first-order valence-corrected chi connectivity index (χ1v) is 9.28. The van der Waals surface area contributed by atoms with Crippen LogP contribution in [0.5, 0.6) is 0 Å². The Morgan fingerprint density at radius 3 is 3.05 bits per heavy atom. The highest BCUT2D eigenvalue weighted by Gasteiger charge is 2.42. The smallest absolute Gasteiger partial charge is 0.0783 e. The highest BCUT2D eigenvalue weighted by atomic mass is 79.9. The Hall–Kier alpha value is -0.0300. The Morgan fingerprint density at radius 2 is 2.35 bits per heavy atom. The molecule has 0 bridgehead atoms. The highest BCUT2D eigenvalue weighted by molar-refractivity contribution is 9.10. The van der Waals surface area contributed by atoms with Crippen molar-refractivity contribution in [3.63, 3.8) is 0 Å². The number of nitrogens with two attached hydrogens (primary N) is 1. The lowest BCUT2D eigenvalue weighted by atomic mass is 9.79. The van der Waals surface area contributed by atoms with E-state index < -0.39 is 0 Å². The van der Waals surface area contributed by atoms with Crippen LogP contribution in [0.1, 0.15) is 36.4 Å². The Morgan fingerprint density at radius 1 is 1.50 bits per heavy atom. The number of ether oxygens (including phenoxy) is 1. The maximum Gasteiger partial charge on any atom is 0.0783 e.